The minimum Gasteiger partial charge on any atom is -0.392 e. The van der Waals surface area contributed by atoms with E-state index in [-0.39, 0.29) is 41.3 Å². The van der Waals surface area contributed by atoms with Crippen LogP contribution in [0.1, 0.15) is 73.8 Å². The van der Waals surface area contributed by atoms with Gasteiger partial charge in [-0.05, 0) is 80.0 Å². The SMILES string of the molecule is C=CC(=O)Nc1cc(Nc2nc(-c3ccnc(N4CCn5c(cc6c5CC(C)(C)C6)C4=O)c3CO)cn(C)c2=O)ccc1N1CCN(C2CCCC2)C[C@@H]1C. The second-order valence-electron chi connectivity index (χ2n) is 16.4. The van der Waals surface area contributed by atoms with Crippen LogP contribution in [0.4, 0.5) is 28.7 Å². The largest absolute Gasteiger partial charge is 0.392 e. The highest BCUT2D eigenvalue weighted by Crippen LogP contribution is 2.40. The molecule has 55 heavy (non-hydrogen) atoms. The number of amides is 2. The van der Waals surface area contributed by atoms with Crippen LogP contribution in [-0.4, -0.2) is 79.2 Å². The molecular weight excluding hydrogens is 695 g/mol. The predicted molar refractivity (Wildman–Crippen MR) is 215 cm³/mol. The normalized spacial score (nSPS) is 19.7. The summed E-state index contributed by atoms with van der Waals surface area (Å²) < 4.78 is 3.59. The van der Waals surface area contributed by atoms with Gasteiger partial charge >= 0.3 is 0 Å². The fraction of sp³-hybridized carbons (Fsp3) is 0.452. The lowest BCUT2D eigenvalue weighted by molar-refractivity contribution is -0.111. The second-order valence-corrected chi connectivity index (χ2v) is 16.4. The van der Waals surface area contributed by atoms with Gasteiger partial charge in [-0.25, -0.2) is 9.97 Å². The highest BCUT2D eigenvalue weighted by molar-refractivity contribution is 6.06. The number of aliphatic hydroxyl groups excluding tert-OH is 1. The van der Waals surface area contributed by atoms with E-state index in [1.165, 1.54) is 47.6 Å². The van der Waals surface area contributed by atoms with Crippen LogP contribution in [0.15, 0.2) is 60.2 Å². The standard InChI is InChI=1S/C42H51N9O4/c1-6-37(53)45-32-20-28(11-12-34(32)49-16-15-48(23-26(49)2)29-9-7-8-10-29)44-38-41(55)47(5)24-33(46-38)30-13-14-43-39(31(30)25-52)51-18-17-50-35(40(51)54)19-27-21-42(3,4)22-36(27)50/h6,11-14,19-20,24,26,29,52H,1,7-10,15-18,21-23,25H2,2-5H3,(H,44,46)(H,45,53)/t26-/m0/s1. The van der Waals surface area contributed by atoms with E-state index < -0.39 is 0 Å². The average Bonchev–Trinajstić information content (AvgIpc) is 3.89. The molecule has 4 aliphatic rings. The summed E-state index contributed by atoms with van der Waals surface area (Å²) in [5.41, 5.74) is 6.44. The Bertz CT molecular complexity index is 2230. The molecule has 1 saturated carbocycles. The van der Waals surface area contributed by atoms with Gasteiger partial charge in [0.1, 0.15) is 11.5 Å². The third kappa shape index (κ3) is 6.84. The summed E-state index contributed by atoms with van der Waals surface area (Å²) in [7, 11) is 1.65. The summed E-state index contributed by atoms with van der Waals surface area (Å²) in [6.45, 7) is 13.8. The molecule has 3 N–H and O–H groups in total. The number of pyridine rings is 1. The maximum Gasteiger partial charge on any atom is 0.293 e. The lowest BCUT2D eigenvalue weighted by Crippen LogP contribution is -2.54. The second kappa shape index (κ2) is 14.4. The molecule has 4 aromatic rings. The van der Waals surface area contributed by atoms with Crippen LogP contribution < -0.4 is 26.0 Å². The number of piperazine rings is 1. The molecule has 288 valence electrons. The van der Waals surface area contributed by atoms with Gasteiger partial charge in [-0.3, -0.25) is 24.2 Å². The molecule has 1 atom stereocenters. The molecule has 0 radical (unpaired) electrons. The minimum atomic E-state index is -0.386. The molecule has 13 nitrogen and oxygen atoms in total. The molecule has 13 heteroatoms. The molecule has 0 bridgehead atoms. The Kier molecular flexibility index (Phi) is 9.62. The van der Waals surface area contributed by atoms with Crippen LogP contribution in [0.25, 0.3) is 11.3 Å². The molecule has 1 saturated heterocycles. The molecule has 8 rings (SSSR count). The van der Waals surface area contributed by atoms with Gasteiger partial charge in [0.2, 0.25) is 5.91 Å². The van der Waals surface area contributed by atoms with Crippen molar-refractivity contribution in [2.24, 2.45) is 12.5 Å². The molecular formula is C42H51N9O4. The Morgan fingerprint density at radius 1 is 1.07 bits per heavy atom. The first kappa shape index (κ1) is 36.7. The number of anilines is 5. The number of nitrogens with one attached hydrogen (secondary N) is 2. The number of aryl methyl sites for hydroxylation is 1. The van der Waals surface area contributed by atoms with Crippen molar-refractivity contribution < 1.29 is 14.7 Å². The van der Waals surface area contributed by atoms with Crippen molar-refractivity contribution in [2.75, 3.05) is 46.6 Å². The zero-order valence-corrected chi connectivity index (χ0v) is 32.3. The topological polar surface area (TPSA) is 141 Å². The zero-order chi connectivity index (χ0) is 38.6. The molecule has 2 fully saturated rings. The Morgan fingerprint density at radius 3 is 2.62 bits per heavy atom. The number of hydrogen-bond donors (Lipinski definition) is 3. The van der Waals surface area contributed by atoms with E-state index in [1.54, 1.807) is 30.4 Å². The molecule has 5 heterocycles. The highest BCUT2D eigenvalue weighted by Gasteiger charge is 2.38. The maximum absolute atomic E-state index is 14.0. The van der Waals surface area contributed by atoms with Crippen LogP contribution in [0.3, 0.4) is 0 Å². The fourth-order valence-corrected chi connectivity index (χ4v) is 9.27. The Balaban J connectivity index is 1.08. The highest BCUT2D eigenvalue weighted by atomic mass is 16.3. The smallest absolute Gasteiger partial charge is 0.293 e. The number of carbonyl (C=O) groups is 2. The number of fused-ring (bicyclic) bond motifs is 3. The van der Waals surface area contributed by atoms with E-state index in [9.17, 15) is 19.5 Å². The van der Waals surface area contributed by atoms with Crippen molar-refractivity contribution in [1.82, 2.24) is 24.0 Å². The summed E-state index contributed by atoms with van der Waals surface area (Å²) in [5.74, 6) is -0.0370. The van der Waals surface area contributed by atoms with Crippen LogP contribution in [-0.2, 0) is 37.8 Å². The summed E-state index contributed by atoms with van der Waals surface area (Å²) >= 11 is 0. The van der Waals surface area contributed by atoms with E-state index in [4.69, 9.17) is 4.98 Å². The Labute approximate surface area is 321 Å². The van der Waals surface area contributed by atoms with Gasteiger partial charge in [0, 0.05) is 86.8 Å². The third-order valence-electron chi connectivity index (χ3n) is 11.9. The van der Waals surface area contributed by atoms with Crippen molar-refractivity contribution in [1.29, 1.82) is 0 Å². The van der Waals surface area contributed by atoms with Crippen LogP contribution in [0.5, 0.6) is 0 Å². The summed E-state index contributed by atoms with van der Waals surface area (Å²) in [5, 5.41) is 16.9. The fourth-order valence-electron chi connectivity index (χ4n) is 9.27. The van der Waals surface area contributed by atoms with Crippen molar-refractivity contribution in [3.63, 3.8) is 0 Å². The molecule has 0 spiro atoms. The zero-order valence-electron chi connectivity index (χ0n) is 32.3. The minimum absolute atomic E-state index is 0.0684. The molecule has 2 aliphatic carbocycles. The quantitative estimate of drug-likeness (QED) is 0.196. The van der Waals surface area contributed by atoms with Crippen molar-refractivity contribution in [3.05, 3.63) is 88.2 Å². The van der Waals surface area contributed by atoms with Gasteiger partial charge < -0.3 is 29.8 Å². The number of benzene rings is 1. The summed E-state index contributed by atoms with van der Waals surface area (Å²) in [6, 6.07) is 10.3. The lowest BCUT2D eigenvalue weighted by Gasteiger charge is -2.44. The van der Waals surface area contributed by atoms with E-state index in [0.717, 1.165) is 38.2 Å². The van der Waals surface area contributed by atoms with Crippen LogP contribution in [0.2, 0.25) is 0 Å². The van der Waals surface area contributed by atoms with Gasteiger partial charge in [-0.2, -0.15) is 0 Å². The molecule has 3 aromatic heterocycles. The predicted octanol–water partition coefficient (Wildman–Crippen LogP) is 5.24. The van der Waals surface area contributed by atoms with Crippen LogP contribution >= 0.6 is 0 Å². The number of rotatable bonds is 9. The first-order valence-electron chi connectivity index (χ1n) is 19.5. The maximum atomic E-state index is 14.0. The van der Waals surface area contributed by atoms with E-state index >= 15 is 0 Å². The van der Waals surface area contributed by atoms with Gasteiger partial charge in [-0.15, -0.1) is 0 Å². The molecule has 0 unspecified atom stereocenters. The first-order valence-corrected chi connectivity index (χ1v) is 19.5. The lowest BCUT2D eigenvalue weighted by atomic mass is 9.90. The van der Waals surface area contributed by atoms with Crippen molar-refractivity contribution in [3.8, 4) is 11.3 Å². The third-order valence-corrected chi connectivity index (χ3v) is 11.9. The average molecular weight is 746 g/mol. The van der Waals surface area contributed by atoms with E-state index in [2.05, 4.69) is 57.3 Å². The first-order chi connectivity index (χ1) is 26.4. The molecule has 2 amide bonds. The number of nitrogens with zero attached hydrogens (tertiary/aromatic N) is 7. The number of aromatic nitrogens is 4. The Hall–Kier alpha value is -5.27. The Morgan fingerprint density at radius 2 is 1.87 bits per heavy atom. The number of carbonyl (C=O) groups excluding carboxylic acids is 2. The number of aliphatic hydroxyl groups is 1. The van der Waals surface area contributed by atoms with Gasteiger partial charge in [0.05, 0.1) is 23.7 Å². The van der Waals surface area contributed by atoms with Crippen LogP contribution in [0, 0.1) is 5.41 Å². The summed E-state index contributed by atoms with van der Waals surface area (Å²) in [4.78, 5) is 56.1. The van der Waals surface area contributed by atoms with Gasteiger partial charge in [0.25, 0.3) is 11.5 Å². The van der Waals surface area contributed by atoms with E-state index in [1.807, 2.05) is 24.3 Å². The number of hydrogen-bond acceptors (Lipinski definition) is 9. The summed E-state index contributed by atoms with van der Waals surface area (Å²) in [6.07, 6.45) is 11.5. The molecule has 1 aromatic carbocycles. The molecule has 2 aliphatic heterocycles. The monoisotopic (exact) mass is 745 g/mol. The van der Waals surface area contributed by atoms with Gasteiger partial charge in [-0.1, -0.05) is 33.3 Å². The van der Waals surface area contributed by atoms with Crippen molar-refractivity contribution in [2.45, 2.75) is 84.5 Å². The van der Waals surface area contributed by atoms with Gasteiger partial charge in [0.15, 0.2) is 5.82 Å². The van der Waals surface area contributed by atoms with E-state index in [0.29, 0.717) is 58.8 Å². The van der Waals surface area contributed by atoms with Crippen molar-refractivity contribution >= 4 is 40.5 Å².